The van der Waals surface area contributed by atoms with Gasteiger partial charge in [0.2, 0.25) is 0 Å². The summed E-state index contributed by atoms with van der Waals surface area (Å²) in [5.41, 5.74) is 1.61. The number of thioether (sulfide) groups is 1. The van der Waals surface area contributed by atoms with Crippen molar-refractivity contribution < 1.29 is 18.7 Å². The van der Waals surface area contributed by atoms with Crippen LogP contribution >= 0.6 is 39.9 Å². The third-order valence-corrected chi connectivity index (χ3v) is 6.82. The number of ether oxygens (including phenoxy) is 2. The van der Waals surface area contributed by atoms with Gasteiger partial charge in [-0.15, -0.1) is 0 Å². The normalized spacial score (nSPS) is 20.4. The van der Waals surface area contributed by atoms with E-state index in [9.17, 15) is 9.18 Å². The Bertz CT molecular complexity index is 1010. The Kier molecular flexibility index (Phi) is 6.87. The predicted molar refractivity (Wildman–Crippen MR) is 124 cm³/mol. The topological polar surface area (TPSA) is 38.8 Å². The second-order valence-corrected chi connectivity index (χ2v) is 9.57. The summed E-state index contributed by atoms with van der Waals surface area (Å²) < 4.78 is 26.0. The van der Waals surface area contributed by atoms with Crippen molar-refractivity contribution in [3.63, 3.8) is 0 Å². The number of rotatable bonds is 6. The molecule has 8 heteroatoms. The van der Waals surface area contributed by atoms with E-state index in [-0.39, 0.29) is 24.4 Å². The van der Waals surface area contributed by atoms with E-state index < -0.39 is 0 Å². The number of carbonyl (C=O) groups excluding carboxylic acids is 1. The SMILES string of the molecule is O=C1/C(=C/c2ccc(OCc3cccc(F)c3)c(Br)c2)SC(=S)N1C[C@@H]1CCCO1. The lowest BCUT2D eigenvalue weighted by Gasteiger charge is -2.18. The van der Waals surface area contributed by atoms with Gasteiger partial charge in [0, 0.05) is 6.61 Å². The fraction of sp³-hybridized carbons (Fsp3) is 0.273. The van der Waals surface area contributed by atoms with Gasteiger partial charge < -0.3 is 9.47 Å². The van der Waals surface area contributed by atoms with Gasteiger partial charge in [-0.25, -0.2) is 4.39 Å². The van der Waals surface area contributed by atoms with Crippen LogP contribution in [0.4, 0.5) is 4.39 Å². The number of benzene rings is 2. The first-order valence-electron chi connectivity index (χ1n) is 9.53. The van der Waals surface area contributed by atoms with E-state index in [1.807, 2.05) is 30.3 Å². The fourth-order valence-corrected chi connectivity index (χ4v) is 5.10. The van der Waals surface area contributed by atoms with Gasteiger partial charge in [-0.3, -0.25) is 9.69 Å². The zero-order valence-electron chi connectivity index (χ0n) is 16.0. The predicted octanol–water partition coefficient (Wildman–Crippen LogP) is 5.55. The first-order chi connectivity index (χ1) is 14.5. The number of hydrogen-bond donors (Lipinski definition) is 0. The lowest BCUT2D eigenvalue weighted by molar-refractivity contribution is -0.123. The fourth-order valence-electron chi connectivity index (χ4n) is 3.31. The van der Waals surface area contributed by atoms with Gasteiger partial charge in [-0.1, -0.05) is 42.2 Å². The molecule has 2 aromatic rings. The first kappa shape index (κ1) is 21.5. The molecule has 2 aliphatic rings. The highest BCUT2D eigenvalue weighted by Crippen LogP contribution is 2.35. The number of nitrogens with zero attached hydrogens (tertiary/aromatic N) is 1. The Morgan fingerprint density at radius 2 is 2.20 bits per heavy atom. The molecule has 0 spiro atoms. The van der Waals surface area contributed by atoms with Gasteiger partial charge in [0.25, 0.3) is 5.91 Å². The molecule has 2 aromatic carbocycles. The van der Waals surface area contributed by atoms with Gasteiger partial charge in [-0.05, 0) is 70.2 Å². The molecule has 2 fully saturated rings. The largest absolute Gasteiger partial charge is 0.488 e. The van der Waals surface area contributed by atoms with Crippen LogP contribution in [0.3, 0.4) is 0 Å². The molecule has 156 valence electrons. The molecule has 2 saturated heterocycles. The summed E-state index contributed by atoms with van der Waals surface area (Å²) >= 11 is 10.2. The van der Waals surface area contributed by atoms with Gasteiger partial charge in [0.05, 0.1) is 22.0 Å². The molecule has 0 aromatic heterocycles. The zero-order valence-corrected chi connectivity index (χ0v) is 19.2. The smallest absolute Gasteiger partial charge is 0.266 e. The van der Waals surface area contributed by atoms with E-state index in [0.29, 0.717) is 21.5 Å². The molecule has 0 N–H and O–H groups in total. The Labute approximate surface area is 192 Å². The summed E-state index contributed by atoms with van der Waals surface area (Å²) in [6, 6.07) is 11.9. The lowest BCUT2D eigenvalue weighted by atomic mass is 10.2. The van der Waals surface area contributed by atoms with Crippen LogP contribution in [-0.2, 0) is 16.1 Å². The highest BCUT2D eigenvalue weighted by Gasteiger charge is 2.34. The highest BCUT2D eigenvalue weighted by atomic mass is 79.9. The van der Waals surface area contributed by atoms with Crippen LogP contribution in [-0.4, -0.2) is 34.4 Å². The minimum atomic E-state index is -0.290. The van der Waals surface area contributed by atoms with Crippen molar-refractivity contribution in [2.24, 2.45) is 0 Å². The number of carbonyl (C=O) groups is 1. The maximum Gasteiger partial charge on any atom is 0.266 e. The van der Waals surface area contributed by atoms with Crippen LogP contribution < -0.4 is 4.74 Å². The van der Waals surface area contributed by atoms with E-state index in [2.05, 4.69) is 15.9 Å². The number of hydrogen-bond acceptors (Lipinski definition) is 5. The van der Waals surface area contributed by atoms with Crippen molar-refractivity contribution in [2.75, 3.05) is 13.2 Å². The summed E-state index contributed by atoms with van der Waals surface area (Å²) in [5, 5.41) is 0. The average molecular weight is 508 g/mol. The Morgan fingerprint density at radius 1 is 1.33 bits per heavy atom. The van der Waals surface area contributed by atoms with Crippen molar-refractivity contribution in [1.29, 1.82) is 0 Å². The Balaban J connectivity index is 1.43. The van der Waals surface area contributed by atoms with Crippen molar-refractivity contribution in [3.8, 4) is 5.75 Å². The van der Waals surface area contributed by atoms with Gasteiger partial charge in [0.15, 0.2) is 0 Å². The third-order valence-electron chi connectivity index (χ3n) is 4.82. The molecule has 2 aliphatic heterocycles. The monoisotopic (exact) mass is 507 g/mol. The zero-order chi connectivity index (χ0) is 21.1. The van der Waals surface area contributed by atoms with Crippen LogP contribution in [0.5, 0.6) is 5.75 Å². The van der Waals surface area contributed by atoms with E-state index in [4.69, 9.17) is 21.7 Å². The molecule has 1 amide bonds. The minimum Gasteiger partial charge on any atom is -0.488 e. The van der Waals surface area contributed by atoms with Crippen molar-refractivity contribution in [3.05, 3.63) is 68.8 Å². The standard InChI is InChI=1S/C22H19BrFNO3S2/c23-18-10-14(6-7-19(18)28-13-15-3-1-4-16(24)9-15)11-20-21(26)25(22(29)30-20)12-17-5-2-8-27-17/h1,3-4,6-7,9-11,17H,2,5,8,12-13H2/b20-11-/t17-/m0/s1. The summed E-state index contributed by atoms with van der Waals surface area (Å²) in [5.74, 6) is 0.271. The van der Waals surface area contributed by atoms with Crippen LogP contribution in [0.15, 0.2) is 51.8 Å². The molecule has 0 saturated carbocycles. The first-order valence-corrected chi connectivity index (χ1v) is 11.5. The molecule has 30 heavy (non-hydrogen) atoms. The van der Waals surface area contributed by atoms with Crippen LogP contribution in [0.1, 0.15) is 24.0 Å². The van der Waals surface area contributed by atoms with Crippen LogP contribution in [0.2, 0.25) is 0 Å². The summed E-state index contributed by atoms with van der Waals surface area (Å²) in [6.45, 7) is 1.52. The maximum atomic E-state index is 13.3. The molecule has 0 aliphatic carbocycles. The van der Waals surface area contributed by atoms with Gasteiger partial charge in [0.1, 0.15) is 22.5 Å². The van der Waals surface area contributed by atoms with Crippen molar-refractivity contribution >= 4 is 56.2 Å². The van der Waals surface area contributed by atoms with Gasteiger partial charge in [-0.2, -0.15) is 0 Å². The third kappa shape index (κ3) is 5.11. The average Bonchev–Trinajstić information content (AvgIpc) is 3.32. The van der Waals surface area contributed by atoms with E-state index >= 15 is 0 Å². The summed E-state index contributed by atoms with van der Waals surface area (Å²) in [4.78, 5) is 15.0. The van der Waals surface area contributed by atoms with Crippen LogP contribution in [0, 0.1) is 5.82 Å². The number of halogens is 2. The minimum absolute atomic E-state index is 0.0653. The van der Waals surface area contributed by atoms with Crippen molar-refractivity contribution in [1.82, 2.24) is 4.90 Å². The molecule has 2 heterocycles. The van der Waals surface area contributed by atoms with E-state index in [1.54, 1.807) is 11.0 Å². The Hall–Kier alpha value is -1.74. The summed E-state index contributed by atoms with van der Waals surface area (Å²) in [7, 11) is 0. The summed E-state index contributed by atoms with van der Waals surface area (Å²) in [6.07, 6.45) is 3.88. The molecule has 0 bridgehead atoms. The molecular weight excluding hydrogens is 489 g/mol. The Morgan fingerprint density at radius 3 is 2.93 bits per heavy atom. The van der Waals surface area contributed by atoms with Crippen molar-refractivity contribution in [2.45, 2.75) is 25.6 Å². The molecule has 4 nitrogen and oxygen atoms in total. The van der Waals surface area contributed by atoms with E-state index in [0.717, 1.165) is 35.0 Å². The molecular formula is C22H19BrFNO3S2. The van der Waals surface area contributed by atoms with E-state index in [1.165, 1.54) is 23.9 Å². The van der Waals surface area contributed by atoms with Crippen LogP contribution in [0.25, 0.3) is 6.08 Å². The molecule has 4 rings (SSSR count). The maximum absolute atomic E-state index is 13.3. The highest BCUT2D eigenvalue weighted by molar-refractivity contribution is 9.10. The number of amides is 1. The second-order valence-electron chi connectivity index (χ2n) is 7.04. The quantitative estimate of drug-likeness (QED) is 0.378. The lowest BCUT2D eigenvalue weighted by Crippen LogP contribution is -2.35. The van der Waals surface area contributed by atoms with Gasteiger partial charge >= 0.3 is 0 Å². The molecule has 0 radical (unpaired) electrons. The second kappa shape index (κ2) is 9.60. The molecule has 1 atom stereocenters. The number of thiocarbonyl (C=S) groups is 1. The molecule has 0 unspecified atom stereocenters.